The SMILES string of the molecule is Cc1cc(Br)cc(C(C)C(=O)N(c2ccc(-c3ccnc(C)c3)cc2)N(C(=O)C(C)c2cc(C)cc(N3CCN(c4ccccn4)CC3)c2)c2ccc(-c3ccnc(C)c3)cc2)c1. The highest BCUT2D eigenvalue weighted by atomic mass is 79.9. The highest BCUT2D eigenvalue weighted by Crippen LogP contribution is 2.36. The van der Waals surface area contributed by atoms with Crippen LogP contribution < -0.4 is 19.8 Å². The van der Waals surface area contributed by atoms with Gasteiger partial charge in [-0.05, 0) is 171 Å². The summed E-state index contributed by atoms with van der Waals surface area (Å²) >= 11 is 3.66. The van der Waals surface area contributed by atoms with Gasteiger partial charge in [0.05, 0.1) is 23.2 Å². The number of hydrazine groups is 1. The largest absolute Gasteiger partial charge is 0.368 e. The van der Waals surface area contributed by atoms with Crippen LogP contribution >= 0.6 is 15.9 Å². The topological polar surface area (TPSA) is 85.8 Å². The molecule has 318 valence electrons. The fraction of sp³-hybridized carbons (Fsp3) is 0.226. The van der Waals surface area contributed by atoms with Crippen LogP contribution in [-0.2, 0) is 9.59 Å². The fourth-order valence-electron chi connectivity index (χ4n) is 8.35. The maximum absolute atomic E-state index is 15.6. The average molecular weight is 899 g/mol. The van der Waals surface area contributed by atoms with Crippen molar-refractivity contribution in [2.45, 2.75) is 53.4 Å². The first kappa shape index (κ1) is 43.0. The molecule has 0 spiro atoms. The van der Waals surface area contributed by atoms with Crippen molar-refractivity contribution in [1.82, 2.24) is 15.0 Å². The van der Waals surface area contributed by atoms with E-state index in [0.29, 0.717) is 11.4 Å². The van der Waals surface area contributed by atoms with Crippen LogP contribution in [-0.4, -0.2) is 52.9 Å². The summed E-state index contributed by atoms with van der Waals surface area (Å²) in [6, 6.07) is 42.2. The molecule has 7 aromatic rings. The number of aromatic nitrogens is 3. The summed E-state index contributed by atoms with van der Waals surface area (Å²) < 4.78 is 0.887. The van der Waals surface area contributed by atoms with E-state index >= 15 is 9.59 Å². The number of pyridine rings is 3. The van der Waals surface area contributed by atoms with Crippen molar-refractivity contribution in [3.05, 3.63) is 184 Å². The molecule has 2 amide bonds. The molecule has 4 aromatic carbocycles. The number of piperazine rings is 1. The fourth-order valence-corrected chi connectivity index (χ4v) is 8.97. The lowest BCUT2D eigenvalue weighted by atomic mass is 9.96. The first-order valence-corrected chi connectivity index (χ1v) is 22.2. The van der Waals surface area contributed by atoms with Crippen molar-refractivity contribution in [3.63, 3.8) is 0 Å². The molecule has 10 heteroatoms. The second-order valence-electron chi connectivity index (χ2n) is 16.5. The van der Waals surface area contributed by atoms with Gasteiger partial charge in [-0.3, -0.25) is 19.6 Å². The normalized spacial score (nSPS) is 13.6. The average Bonchev–Trinajstić information content (AvgIpc) is 3.30. The molecule has 0 aliphatic carbocycles. The Morgan fingerprint density at radius 2 is 1.02 bits per heavy atom. The number of benzene rings is 4. The Morgan fingerprint density at radius 1 is 0.524 bits per heavy atom. The molecule has 9 nitrogen and oxygen atoms in total. The minimum Gasteiger partial charge on any atom is -0.368 e. The van der Waals surface area contributed by atoms with Crippen LogP contribution in [0, 0.1) is 27.7 Å². The Labute approximate surface area is 379 Å². The van der Waals surface area contributed by atoms with Crippen molar-refractivity contribution in [1.29, 1.82) is 0 Å². The Morgan fingerprint density at radius 3 is 1.49 bits per heavy atom. The van der Waals surface area contributed by atoms with Gasteiger partial charge in [0.15, 0.2) is 0 Å². The standard InChI is InChI=1S/C53H52BrN7O2/c1-35-27-45(33-47(54)29-35)39(5)52(62)60(48-14-10-41(11-15-48)43-18-21-55-37(3)31-43)61(49-16-12-42(13-17-49)44-19-22-56-38(4)32-44)53(63)40(6)46-28-36(2)30-50(34-46)58-23-25-59(26-24-58)51-9-7-8-20-57-51/h7-22,27-34,39-40H,23-26H2,1-6H3. The summed E-state index contributed by atoms with van der Waals surface area (Å²) in [6.45, 7) is 15.2. The number of nitrogens with zero attached hydrogens (tertiary/aromatic N) is 7. The first-order chi connectivity index (χ1) is 30.4. The number of carbonyl (C=O) groups is 2. The predicted molar refractivity (Wildman–Crippen MR) is 259 cm³/mol. The number of aryl methyl sites for hydroxylation is 4. The van der Waals surface area contributed by atoms with Crippen molar-refractivity contribution in [3.8, 4) is 22.3 Å². The summed E-state index contributed by atoms with van der Waals surface area (Å²) in [6.07, 6.45) is 5.43. The summed E-state index contributed by atoms with van der Waals surface area (Å²) in [4.78, 5) is 49.1. The molecule has 1 saturated heterocycles. The van der Waals surface area contributed by atoms with Crippen molar-refractivity contribution < 1.29 is 9.59 Å². The highest BCUT2D eigenvalue weighted by molar-refractivity contribution is 9.10. The van der Waals surface area contributed by atoms with Crippen LogP contribution in [0.1, 0.15) is 59.3 Å². The van der Waals surface area contributed by atoms with Gasteiger partial charge in [-0.25, -0.2) is 15.0 Å². The van der Waals surface area contributed by atoms with E-state index < -0.39 is 11.8 Å². The number of hydrogen-bond donors (Lipinski definition) is 0. The minimum absolute atomic E-state index is 0.237. The monoisotopic (exact) mass is 897 g/mol. The van der Waals surface area contributed by atoms with E-state index in [2.05, 4.69) is 71.9 Å². The zero-order valence-corrected chi connectivity index (χ0v) is 38.3. The summed E-state index contributed by atoms with van der Waals surface area (Å²) in [5.41, 5.74) is 11.8. The molecule has 3 aromatic heterocycles. The second-order valence-corrected chi connectivity index (χ2v) is 17.5. The smallest absolute Gasteiger partial charge is 0.253 e. The Kier molecular flexibility index (Phi) is 12.8. The van der Waals surface area contributed by atoms with Crippen molar-refractivity contribution in [2.75, 3.05) is 46.0 Å². The van der Waals surface area contributed by atoms with Crippen molar-refractivity contribution >= 4 is 50.6 Å². The molecule has 1 aliphatic heterocycles. The lowest BCUT2D eigenvalue weighted by Gasteiger charge is -2.38. The van der Waals surface area contributed by atoms with Gasteiger partial charge in [0.2, 0.25) is 0 Å². The van der Waals surface area contributed by atoms with Gasteiger partial charge < -0.3 is 9.80 Å². The third kappa shape index (κ3) is 9.71. The molecule has 0 saturated carbocycles. The number of halogens is 1. The number of hydrogen-bond acceptors (Lipinski definition) is 7. The van der Waals surface area contributed by atoms with Gasteiger partial charge in [-0.1, -0.05) is 58.4 Å². The van der Waals surface area contributed by atoms with Crippen LogP contribution in [0.3, 0.4) is 0 Å². The molecule has 4 heterocycles. The number of amides is 2. The molecular formula is C53H52BrN7O2. The summed E-state index contributed by atoms with van der Waals surface area (Å²) in [7, 11) is 0. The Bertz CT molecular complexity index is 2710. The molecule has 1 aliphatic rings. The van der Waals surface area contributed by atoms with Crippen LogP contribution in [0.25, 0.3) is 22.3 Å². The molecule has 2 atom stereocenters. The van der Waals surface area contributed by atoms with Gasteiger partial charge in [0.25, 0.3) is 11.8 Å². The van der Waals surface area contributed by atoms with E-state index in [-0.39, 0.29) is 11.8 Å². The minimum atomic E-state index is -0.626. The third-order valence-electron chi connectivity index (χ3n) is 11.8. The van der Waals surface area contributed by atoms with Crippen LogP contribution in [0.15, 0.2) is 150 Å². The van der Waals surface area contributed by atoms with E-state index in [9.17, 15) is 0 Å². The van der Waals surface area contributed by atoms with Gasteiger partial charge in [0.1, 0.15) is 5.82 Å². The van der Waals surface area contributed by atoms with Gasteiger partial charge >= 0.3 is 0 Å². The summed E-state index contributed by atoms with van der Waals surface area (Å²) in [5, 5.41) is 3.18. The van der Waals surface area contributed by atoms with Gasteiger partial charge in [-0.2, -0.15) is 0 Å². The van der Waals surface area contributed by atoms with Gasteiger partial charge in [0, 0.05) is 66.3 Å². The van der Waals surface area contributed by atoms with Crippen LogP contribution in [0.4, 0.5) is 22.9 Å². The molecule has 0 radical (unpaired) electrons. The number of anilines is 4. The number of rotatable bonds is 10. The zero-order valence-electron chi connectivity index (χ0n) is 36.7. The second kappa shape index (κ2) is 18.8. The van der Waals surface area contributed by atoms with E-state index in [4.69, 9.17) is 0 Å². The molecular weight excluding hydrogens is 847 g/mol. The molecule has 63 heavy (non-hydrogen) atoms. The van der Waals surface area contributed by atoms with E-state index in [1.54, 1.807) is 22.4 Å². The first-order valence-electron chi connectivity index (χ1n) is 21.5. The quantitative estimate of drug-likeness (QED) is 0.126. The Hall–Kier alpha value is -6.65. The summed E-state index contributed by atoms with van der Waals surface area (Å²) in [5.74, 6) is -0.734. The predicted octanol–water partition coefficient (Wildman–Crippen LogP) is 11.4. The van der Waals surface area contributed by atoms with Crippen LogP contribution in [0.2, 0.25) is 0 Å². The molecule has 0 N–H and O–H groups in total. The lowest BCUT2D eigenvalue weighted by Crippen LogP contribution is -2.53. The maximum atomic E-state index is 15.6. The molecule has 0 bridgehead atoms. The maximum Gasteiger partial charge on any atom is 0.253 e. The highest BCUT2D eigenvalue weighted by Gasteiger charge is 2.36. The Balaban J connectivity index is 1.21. The lowest BCUT2D eigenvalue weighted by molar-refractivity contribution is -0.124. The molecule has 1 fully saturated rings. The van der Waals surface area contributed by atoms with Gasteiger partial charge in [-0.15, -0.1) is 0 Å². The molecule has 2 unspecified atom stereocenters. The number of carbonyl (C=O) groups excluding carboxylic acids is 2. The third-order valence-corrected chi connectivity index (χ3v) is 12.3. The zero-order chi connectivity index (χ0) is 44.2. The van der Waals surface area contributed by atoms with Crippen LogP contribution in [0.5, 0.6) is 0 Å². The van der Waals surface area contributed by atoms with E-state index in [0.717, 1.165) is 98.1 Å². The van der Waals surface area contributed by atoms with E-state index in [1.807, 2.05) is 144 Å². The molecule has 8 rings (SSSR count). The van der Waals surface area contributed by atoms with Crippen molar-refractivity contribution in [2.24, 2.45) is 0 Å². The van der Waals surface area contributed by atoms with E-state index in [1.165, 1.54) is 0 Å².